The van der Waals surface area contributed by atoms with Crippen molar-refractivity contribution in [2.75, 3.05) is 21.3 Å². The van der Waals surface area contributed by atoms with E-state index in [0.717, 1.165) is 22.4 Å². The minimum atomic E-state index is 0.694. The van der Waals surface area contributed by atoms with Gasteiger partial charge in [0.25, 0.3) is 0 Å². The number of rotatable bonds is 3. The minimum absolute atomic E-state index is 0.694. The Bertz CT molecular complexity index is 511. The largest absolute Gasteiger partial charge is 0.496 e. The number of hydrogen-bond donors (Lipinski definition) is 0. The fourth-order valence-electron chi connectivity index (χ4n) is 1.60. The molecule has 2 rings (SSSR count). The van der Waals surface area contributed by atoms with E-state index >= 15 is 0 Å². The molecule has 0 amide bonds. The van der Waals surface area contributed by atoms with Crippen molar-refractivity contribution in [1.29, 1.82) is 0 Å². The first-order valence-electron chi connectivity index (χ1n) is 4.85. The number of aromatic nitrogens is 1. The van der Waals surface area contributed by atoms with Gasteiger partial charge in [-0.2, -0.15) is 0 Å². The zero-order valence-electron chi connectivity index (χ0n) is 9.48. The van der Waals surface area contributed by atoms with Crippen molar-refractivity contribution in [3.8, 4) is 17.2 Å². The summed E-state index contributed by atoms with van der Waals surface area (Å²) in [6.07, 6.45) is 1.66. The van der Waals surface area contributed by atoms with Crippen LogP contribution in [0, 0.1) is 0 Å². The molecule has 0 atom stereocenters. The summed E-state index contributed by atoms with van der Waals surface area (Å²) in [5, 5.41) is 0.876. The fourth-order valence-corrected chi connectivity index (χ4v) is 1.60. The van der Waals surface area contributed by atoms with Crippen molar-refractivity contribution in [1.82, 2.24) is 4.98 Å². The van der Waals surface area contributed by atoms with Crippen molar-refractivity contribution >= 4 is 10.9 Å². The standard InChI is InChI=1S/C12H13NO3/c1-14-8-6-9-10(15-2)4-5-11(16-3)12(9)13-7-8/h4-7H,1-3H3. The summed E-state index contributed by atoms with van der Waals surface area (Å²) in [5.74, 6) is 2.17. The van der Waals surface area contributed by atoms with Gasteiger partial charge in [-0.15, -0.1) is 0 Å². The third-order valence-corrected chi connectivity index (χ3v) is 2.42. The quantitative estimate of drug-likeness (QED) is 0.794. The van der Waals surface area contributed by atoms with Crippen LogP contribution in [0.15, 0.2) is 24.4 Å². The molecule has 16 heavy (non-hydrogen) atoms. The lowest BCUT2D eigenvalue weighted by molar-refractivity contribution is 0.405. The smallest absolute Gasteiger partial charge is 0.145 e. The van der Waals surface area contributed by atoms with Gasteiger partial charge in [0.2, 0.25) is 0 Å². The average molecular weight is 219 g/mol. The molecule has 0 aliphatic rings. The van der Waals surface area contributed by atoms with Crippen LogP contribution < -0.4 is 14.2 Å². The van der Waals surface area contributed by atoms with Crippen LogP contribution >= 0.6 is 0 Å². The van der Waals surface area contributed by atoms with E-state index in [4.69, 9.17) is 14.2 Å². The van der Waals surface area contributed by atoms with Crippen molar-refractivity contribution in [3.05, 3.63) is 24.4 Å². The summed E-state index contributed by atoms with van der Waals surface area (Å²) < 4.78 is 15.7. The topological polar surface area (TPSA) is 40.6 Å². The number of benzene rings is 1. The average Bonchev–Trinajstić information content (AvgIpc) is 2.36. The second-order valence-electron chi connectivity index (χ2n) is 3.24. The molecule has 0 saturated heterocycles. The number of ether oxygens (including phenoxy) is 3. The van der Waals surface area contributed by atoms with E-state index in [-0.39, 0.29) is 0 Å². The Morgan fingerprint density at radius 2 is 1.62 bits per heavy atom. The maximum absolute atomic E-state index is 5.28. The summed E-state index contributed by atoms with van der Waals surface area (Å²) in [6.45, 7) is 0. The lowest BCUT2D eigenvalue weighted by Gasteiger charge is -2.09. The third-order valence-electron chi connectivity index (χ3n) is 2.42. The molecule has 0 spiro atoms. The first kappa shape index (κ1) is 10.5. The summed E-state index contributed by atoms with van der Waals surface area (Å²) in [5.41, 5.74) is 0.766. The molecule has 0 bridgehead atoms. The lowest BCUT2D eigenvalue weighted by Crippen LogP contribution is -1.92. The van der Waals surface area contributed by atoms with Gasteiger partial charge >= 0.3 is 0 Å². The van der Waals surface area contributed by atoms with Crippen LogP contribution in [0.4, 0.5) is 0 Å². The Balaban J connectivity index is 2.74. The maximum atomic E-state index is 5.28. The molecule has 1 aromatic carbocycles. The van der Waals surface area contributed by atoms with Crippen LogP contribution in [-0.2, 0) is 0 Å². The predicted octanol–water partition coefficient (Wildman–Crippen LogP) is 2.26. The van der Waals surface area contributed by atoms with Gasteiger partial charge in [0.1, 0.15) is 22.8 Å². The summed E-state index contributed by atoms with van der Waals surface area (Å²) >= 11 is 0. The van der Waals surface area contributed by atoms with Crippen LogP contribution in [0.25, 0.3) is 10.9 Å². The first-order chi connectivity index (χ1) is 7.80. The predicted molar refractivity (Wildman–Crippen MR) is 61.4 cm³/mol. The Morgan fingerprint density at radius 1 is 0.938 bits per heavy atom. The molecule has 0 aliphatic heterocycles. The van der Waals surface area contributed by atoms with Gasteiger partial charge in [-0.1, -0.05) is 0 Å². The van der Waals surface area contributed by atoms with Gasteiger partial charge in [0.05, 0.1) is 27.5 Å². The van der Waals surface area contributed by atoms with Gasteiger partial charge in [-0.3, -0.25) is 0 Å². The third kappa shape index (κ3) is 1.62. The van der Waals surface area contributed by atoms with E-state index in [1.807, 2.05) is 18.2 Å². The Morgan fingerprint density at radius 3 is 2.25 bits per heavy atom. The van der Waals surface area contributed by atoms with E-state index in [0.29, 0.717) is 5.75 Å². The molecular formula is C12H13NO3. The van der Waals surface area contributed by atoms with Gasteiger partial charge in [0, 0.05) is 5.39 Å². The van der Waals surface area contributed by atoms with E-state index in [1.165, 1.54) is 0 Å². The molecule has 84 valence electrons. The molecule has 0 unspecified atom stereocenters. The molecule has 1 heterocycles. The lowest BCUT2D eigenvalue weighted by atomic mass is 10.2. The highest BCUT2D eigenvalue weighted by atomic mass is 16.5. The first-order valence-corrected chi connectivity index (χ1v) is 4.85. The SMILES string of the molecule is COc1cnc2c(OC)ccc(OC)c2c1. The van der Waals surface area contributed by atoms with Gasteiger partial charge in [-0.25, -0.2) is 4.98 Å². The van der Waals surface area contributed by atoms with Crippen LogP contribution in [0.3, 0.4) is 0 Å². The highest BCUT2D eigenvalue weighted by molar-refractivity contribution is 5.90. The van der Waals surface area contributed by atoms with Crippen molar-refractivity contribution in [3.63, 3.8) is 0 Å². The molecule has 1 aromatic heterocycles. The molecular weight excluding hydrogens is 206 g/mol. The molecule has 4 nitrogen and oxygen atoms in total. The van der Waals surface area contributed by atoms with Gasteiger partial charge in [-0.05, 0) is 18.2 Å². The van der Waals surface area contributed by atoms with Crippen molar-refractivity contribution in [2.24, 2.45) is 0 Å². The van der Waals surface area contributed by atoms with Crippen LogP contribution in [0.2, 0.25) is 0 Å². The molecule has 0 radical (unpaired) electrons. The Labute approximate surface area is 93.8 Å². The summed E-state index contributed by atoms with van der Waals surface area (Å²) in [7, 11) is 4.85. The van der Waals surface area contributed by atoms with E-state index in [9.17, 15) is 0 Å². The maximum Gasteiger partial charge on any atom is 0.145 e. The van der Waals surface area contributed by atoms with Crippen LogP contribution in [0.1, 0.15) is 0 Å². The molecule has 0 fully saturated rings. The second kappa shape index (κ2) is 4.26. The minimum Gasteiger partial charge on any atom is -0.496 e. The number of fused-ring (bicyclic) bond motifs is 1. The van der Waals surface area contributed by atoms with E-state index in [2.05, 4.69) is 4.98 Å². The van der Waals surface area contributed by atoms with E-state index in [1.54, 1.807) is 27.5 Å². The highest BCUT2D eigenvalue weighted by Crippen LogP contribution is 2.33. The second-order valence-corrected chi connectivity index (χ2v) is 3.24. The molecule has 4 heteroatoms. The van der Waals surface area contributed by atoms with Crippen molar-refractivity contribution in [2.45, 2.75) is 0 Å². The fraction of sp³-hybridized carbons (Fsp3) is 0.250. The zero-order chi connectivity index (χ0) is 11.5. The Hall–Kier alpha value is -1.97. The molecule has 2 aromatic rings. The molecule has 0 aliphatic carbocycles. The number of nitrogens with zero attached hydrogens (tertiary/aromatic N) is 1. The number of hydrogen-bond acceptors (Lipinski definition) is 4. The van der Waals surface area contributed by atoms with Crippen LogP contribution in [-0.4, -0.2) is 26.3 Å². The normalized spacial score (nSPS) is 10.2. The molecule has 0 saturated carbocycles. The van der Waals surface area contributed by atoms with Crippen molar-refractivity contribution < 1.29 is 14.2 Å². The van der Waals surface area contributed by atoms with Gasteiger partial charge in [0.15, 0.2) is 0 Å². The number of methoxy groups -OCH3 is 3. The summed E-state index contributed by atoms with van der Waals surface area (Å²) in [4.78, 5) is 4.30. The monoisotopic (exact) mass is 219 g/mol. The highest BCUT2D eigenvalue weighted by Gasteiger charge is 2.09. The molecule has 0 N–H and O–H groups in total. The zero-order valence-corrected chi connectivity index (χ0v) is 9.48. The van der Waals surface area contributed by atoms with Crippen LogP contribution in [0.5, 0.6) is 17.2 Å². The van der Waals surface area contributed by atoms with Gasteiger partial charge < -0.3 is 14.2 Å². The number of pyridine rings is 1. The Kier molecular flexibility index (Phi) is 2.81. The van der Waals surface area contributed by atoms with E-state index < -0.39 is 0 Å². The summed E-state index contributed by atoms with van der Waals surface area (Å²) in [6, 6.07) is 5.56.